The van der Waals surface area contributed by atoms with E-state index in [1.54, 1.807) is 18.0 Å². The topological polar surface area (TPSA) is 49.6 Å². The summed E-state index contributed by atoms with van der Waals surface area (Å²) in [4.78, 5) is 9.18. The fourth-order valence-electron chi connectivity index (χ4n) is 3.85. The van der Waals surface area contributed by atoms with Crippen LogP contribution in [0, 0.1) is 11.3 Å². The number of hydrogen-bond donors (Lipinski definition) is 0. The summed E-state index contributed by atoms with van der Waals surface area (Å²) in [6.07, 6.45) is 6.70. The molecule has 146 valence electrons. The Kier molecular flexibility index (Phi) is 5.43. The summed E-state index contributed by atoms with van der Waals surface area (Å²) < 4.78 is 0. The lowest BCUT2D eigenvalue weighted by Gasteiger charge is -2.19. The molecule has 0 N–H and O–H groups in total. The number of aromatic nitrogens is 2. The maximum atomic E-state index is 9.99. The quantitative estimate of drug-likeness (QED) is 0.498. The molecule has 0 saturated heterocycles. The van der Waals surface area contributed by atoms with Crippen molar-refractivity contribution < 1.29 is 0 Å². The molecule has 3 nitrogen and oxygen atoms in total. The molecule has 4 heteroatoms. The molecule has 0 atom stereocenters. The van der Waals surface area contributed by atoms with E-state index in [4.69, 9.17) is 4.98 Å². The molecule has 0 radical (unpaired) electrons. The first kappa shape index (κ1) is 19.7. The average molecular weight is 400 g/mol. The van der Waals surface area contributed by atoms with E-state index >= 15 is 0 Å². The first-order chi connectivity index (χ1) is 14.0. The van der Waals surface area contributed by atoms with E-state index in [1.807, 2.05) is 18.3 Å². The molecular formula is C25H25N3S. The minimum absolute atomic E-state index is 0.153. The van der Waals surface area contributed by atoms with Gasteiger partial charge in [0.15, 0.2) is 0 Å². The fourth-order valence-corrected chi connectivity index (χ4v) is 4.81. The van der Waals surface area contributed by atoms with E-state index in [2.05, 4.69) is 56.1 Å². The van der Waals surface area contributed by atoms with Crippen LogP contribution < -0.4 is 0 Å². The van der Waals surface area contributed by atoms with Gasteiger partial charge in [-0.25, -0.2) is 4.98 Å². The summed E-state index contributed by atoms with van der Waals surface area (Å²) in [5.41, 5.74) is 7.85. The lowest BCUT2D eigenvalue weighted by molar-refractivity contribution is 0.590. The van der Waals surface area contributed by atoms with Crippen LogP contribution in [0.3, 0.4) is 0 Å². The van der Waals surface area contributed by atoms with Gasteiger partial charge < -0.3 is 0 Å². The van der Waals surface area contributed by atoms with E-state index in [-0.39, 0.29) is 5.41 Å². The van der Waals surface area contributed by atoms with E-state index in [0.29, 0.717) is 5.56 Å². The predicted molar refractivity (Wildman–Crippen MR) is 119 cm³/mol. The number of hydrogen-bond acceptors (Lipinski definition) is 4. The highest BCUT2D eigenvalue weighted by molar-refractivity contribution is 7.98. The number of fused-ring (bicyclic) bond motifs is 1. The van der Waals surface area contributed by atoms with E-state index in [9.17, 15) is 5.26 Å². The van der Waals surface area contributed by atoms with Gasteiger partial charge in [-0.1, -0.05) is 51.1 Å². The van der Waals surface area contributed by atoms with Gasteiger partial charge >= 0.3 is 0 Å². The van der Waals surface area contributed by atoms with Crippen LogP contribution in [0.25, 0.3) is 11.1 Å². The number of pyridine rings is 2. The lowest BCUT2D eigenvalue weighted by Crippen LogP contribution is -2.10. The molecule has 0 bridgehead atoms. The van der Waals surface area contributed by atoms with Crippen LogP contribution >= 0.6 is 11.8 Å². The zero-order valence-corrected chi connectivity index (χ0v) is 18.0. The molecule has 0 unspecified atom stereocenters. The van der Waals surface area contributed by atoms with Gasteiger partial charge in [0.2, 0.25) is 0 Å². The highest BCUT2D eigenvalue weighted by atomic mass is 32.2. The third-order valence-electron chi connectivity index (χ3n) is 5.45. The minimum atomic E-state index is 0.153. The van der Waals surface area contributed by atoms with Crippen LogP contribution in [0.5, 0.6) is 0 Å². The predicted octanol–water partition coefficient (Wildman–Crippen LogP) is 6.09. The second kappa shape index (κ2) is 8.00. The summed E-state index contributed by atoms with van der Waals surface area (Å²) in [7, 11) is 0. The van der Waals surface area contributed by atoms with Crippen LogP contribution in [0.2, 0.25) is 0 Å². The van der Waals surface area contributed by atoms with Crippen molar-refractivity contribution in [3.05, 3.63) is 76.7 Å². The van der Waals surface area contributed by atoms with Crippen molar-refractivity contribution in [1.82, 2.24) is 9.97 Å². The normalized spacial score (nSPS) is 13.2. The summed E-state index contributed by atoms with van der Waals surface area (Å²) in [5.74, 6) is 0.803. The zero-order valence-electron chi connectivity index (χ0n) is 17.2. The number of thioether (sulfide) groups is 1. The molecule has 0 saturated carbocycles. The van der Waals surface area contributed by atoms with Crippen molar-refractivity contribution >= 4 is 11.8 Å². The van der Waals surface area contributed by atoms with Crippen molar-refractivity contribution in [2.45, 2.75) is 56.2 Å². The van der Waals surface area contributed by atoms with Gasteiger partial charge in [0.1, 0.15) is 11.1 Å². The highest BCUT2D eigenvalue weighted by Crippen LogP contribution is 2.39. The monoisotopic (exact) mass is 399 g/mol. The molecule has 1 aliphatic carbocycles. The van der Waals surface area contributed by atoms with Gasteiger partial charge in [0.05, 0.1) is 5.56 Å². The second-order valence-corrected chi connectivity index (χ2v) is 9.50. The third kappa shape index (κ3) is 4.06. The van der Waals surface area contributed by atoms with E-state index in [1.165, 1.54) is 16.7 Å². The highest BCUT2D eigenvalue weighted by Gasteiger charge is 2.24. The second-order valence-electron chi connectivity index (χ2n) is 8.53. The van der Waals surface area contributed by atoms with Crippen LogP contribution in [0.1, 0.15) is 55.1 Å². The van der Waals surface area contributed by atoms with Gasteiger partial charge in [0, 0.05) is 35.0 Å². The summed E-state index contributed by atoms with van der Waals surface area (Å²) >= 11 is 1.66. The first-order valence-electron chi connectivity index (χ1n) is 10.1. The Morgan fingerprint density at radius 2 is 1.90 bits per heavy atom. The van der Waals surface area contributed by atoms with Crippen LogP contribution in [0.4, 0.5) is 0 Å². The molecule has 0 amide bonds. The molecule has 2 aromatic heterocycles. The Hall–Kier alpha value is -2.64. The van der Waals surface area contributed by atoms with Gasteiger partial charge in [0.25, 0.3) is 0 Å². The molecule has 0 spiro atoms. The lowest BCUT2D eigenvalue weighted by atomic mass is 9.87. The molecule has 0 fully saturated rings. The van der Waals surface area contributed by atoms with Crippen molar-refractivity contribution in [1.29, 1.82) is 5.26 Å². The van der Waals surface area contributed by atoms with Crippen molar-refractivity contribution in [3.63, 3.8) is 0 Å². The standard InChI is InChI=1S/C25H25N3S/c1-25(2,3)19-11-9-17(10-12-19)16-29-24-21(14-26)23(18-6-5-13-27-15-18)20-7-4-8-22(20)28-24/h5-6,9-13,15H,4,7-8,16H2,1-3H3. The summed E-state index contributed by atoms with van der Waals surface area (Å²) in [6, 6.07) is 15.2. The summed E-state index contributed by atoms with van der Waals surface area (Å²) in [6.45, 7) is 6.68. The molecule has 3 aromatic rings. The zero-order chi connectivity index (χ0) is 20.4. The average Bonchev–Trinajstić information content (AvgIpc) is 3.19. The van der Waals surface area contributed by atoms with Gasteiger partial charge in [-0.2, -0.15) is 5.26 Å². The SMILES string of the molecule is CC(C)(C)c1ccc(CSc2nc3c(c(-c4cccnc4)c2C#N)CCC3)cc1. The molecular weight excluding hydrogens is 374 g/mol. The summed E-state index contributed by atoms with van der Waals surface area (Å²) in [5, 5.41) is 10.8. The maximum absolute atomic E-state index is 9.99. The van der Waals surface area contributed by atoms with E-state index in [0.717, 1.165) is 46.9 Å². The Bertz CT molecular complexity index is 1060. The molecule has 1 aliphatic rings. The number of rotatable bonds is 4. The maximum Gasteiger partial charge on any atom is 0.115 e. The molecule has 2 heterocycles. The van der Waals surface area contributed by atoms with Gasteiger partial charge in [-0.3, -0.25) is 4.98 Å². The van der Waals surface area contributed by atoms with Crippen LogP contribution in [-0.2, 0) is 24.0 Å². The van der Waals surface area contributed by atoms with Crippen molar-refractivity contribution in [3.8, 4) is 17.2 Å². The van der Waals surface area contributed by atoms with Crippen molar-refractivity contribution in [2.75, 3.05) is 0 Å². The van der Waals surface area contributed by atoms with Crippen molar-refractivity contribution in [2.24, 2.45) is 0 Å². The number of aryl methyl sites for hydroxylation is 1. The number of benzene rings is 1. The molecule has 29 heavy (non-hydrogen) atoms. The Labute approximate surface area is 177 Å². The third-order valence-corrected chi connectivity index (χ3v) is 6.49. The largest absolute Gasteiger partial charge is 0.264 e. The molecule has 0 aliphatic heterocycles. The minimum Gasteiger partial charge on any atom is -0.264 e. The Morgan fingerprint density at radius 1 is 1.10 bits per heavy atom. The smallest absolute Gasteiger partial charge is 0.115 e. The Balaban J connectivity index is 1.67. The van der Waals surface area contributed by atoms with E-state index < -0.39 is 0 Å². The number of nitrogens with zero attached hydrogens (tertiary/aromatic N) is 3. The van der Waals surface area contributed by atoms with Gasteiger partial charge in [-0.05, 0) is 47.4 Å². The molecule has 1 aromatic carbocycles. The Morgan fingerprint density at radius 3 is 2.55 bits per heavy atom. The fraction of sp³-hybridized carbons (Fsp3) is 0.320. The number of nitriles is 1. The van der Waals surface area contributed by atoms with Crippen LogP contribution in [0.15, 0.2) is 53.8 Å². The van der Waals surface area contributed by atoms with Gasteiger partial charge in [-0.15, -0.1) is 11.8 Å². The first-order valence-corrected chi connectivity index (χ1v) is 11.0. The molecule has 4 rings (SSSR count). The van der Waals surface area contributed by atoms with Crippen LogP contribution in [-0.4, -0.2) is 9.97 Å².